The first kappa shape index (κ1) is 17.1. The molecule has 5 nitrogen and oxygen atoms in total. The van der Waals surface area contributed by atoms with Gasteiger partial charge in [0.15, 0.2) is 17.8 Å². The quantitative estimate of drug-likeness (QED) is 0.599. The van der Waals surface area contributed by atoms with E-state index in [-0.39, 0.29) is 6.29 Å². The first-order valence-corrected chi connectivity index (χ1v) is 9.30. The Hall–Kier alpha value is -2.31. The second-order valence-corrected chi connectivity index (χ2v) is 6.95. The Morgan fingerprint density at radius 1 is 1.12 bits per heavy atom. The van der Waals surface area contributed by atoms with Gasteiger partial charge in [-0.05, 0) is 55.0 Å². The molecular weight excluding hydrogens is 396 g/mol. The summed E-state index contributed by atoms with van der Waals surface area (Å²) in [6.07, 6.45) is 3.49. The number of methoxy groups -OCH3 is 1. The molecule has 3 aromatic rings. The summed E-state index contributed by atoms with van der Waals surface area (Å²) < 4.78 is 20.0. The van der Waals surface area contributed by atoms with Crippen LogP contribution in [0.4, 0.5) is 0 Å². The van der Waals surface area contributed by atoms with Crippen molar-refractivity contribution in [3.05, 3.63) is 59.2 Å². The van der Waals surface area contributed by atoms with Crippen LogP contribution in [0.5, 0.6) is 11.5 Å². The monoisotopic (exact) mass is 414 g/mol. The number of benzene rings is 2. The molecule has 1 aromatic heterocycles. The SMILES string of the molecule is COc1ccc(-c2ccnn2-c2ccc(Br)cc2)cc1OC1CCCO1. The first-order valence-electron chi connectivity index (χ1n) is 8.51. The first-order chi connectivity index (χ1) is 12.7. The fraction of sp³-hybridized carbons (Fsp3) is 0.250. The van der Waals surface area contributed by atoms with Crippen molar-refractivity contribution in [3.8, 4) is 28.4 Å². The fourth-order valence-electron chi connectivity index (χ4n) is 3.02. The molecule has 1 aliphatic rings. The largest absolute Gasteiger partial charge is 0.493 e. The minimum absolute atomic E-state index is 0.212. The minimum atomic E-state index is -0.212. The van der Waals surface area contributed by atoms with Crippen LogP contribution in [0.3, 0.4) is 0 Å². The maximum absolute atomic E-state index is 6.01. The van der Waals surface area contributed by atoms with Crippen molar-refractivity contribution >= 4 is 15.9 Å². The Kier molecular flexibility index (Phi) is 4.95. The molecule has 1 fully saturated rings. The molecule has 0 bridgehead atoms. The molecule has 2 heterocycles. The van der Waals surface area contributed by atoms with Crippen LogP contribution in [0.15, 0.2) is 59.2 Å². The van der Waals surface area contributed by atoms with Gasteiger partial charge in [0.25, 0.3) is 0 Å². The molecule has 2 aromatic carbocycles. The molecule has 0 aliphatic carbocycles. The Morgan fingerprint density at radius 2 is 1.96 bits per heavy atom. The molecule has 1 aliphatic heterocycles. The highest BCUT2D eigenvalue weighted by Crippen LogP contribution is 2.35. The van der Waals surface area contributed by atoms with Gasteiger partial charge in [-0.1, -0.05) is 15.9 Å². The average molecular weight is 415 g/mol. The number of halogens is 1. The molecule has 0 N–H and O–H groups in total. The molecule has 1 atom stereocenters. The molecule has 4 rings (SSSR count). The summed E-state index contributed by atoms with van der Waals surface area (Å²) in [5, 5.41) is 4.47. The van der Waals surface area contributed by atoms with Gasteiger partial charge in [0, 0.05) is 16.5 Å². The molecular formula is C20H19BrN2O3. The molecule has 0 spiro atoms. The van der Waals surface area contributed by atoms with E-state index in [1.165, 1.54) is 0 Å². The van der Waals surface area contributed by atoms with Crippen molar-refractivity contribution in [2.45, 2.75) is 19.1 Å². The van der Waals surface area contributed by atoms with Gasteiger partial charge in [0.2, 0.25) is 0 Å². The van der Waals surface area contributed by atoms with E-state index in [0.29, 0.717) is 11.5 Å². The highest BCUT2D eigenvalue weighted by atomic mass is 79.9. The van der Waals surface area contributed by atoms with E-state index in [0.717, 1.165) is 40.9 Å². The summed E-state index contributed by atoms with van der Waals surface area (Å²) in [6, 6.07) is 15.9. The molecule has 6 heteroatoms. The van der Waals surface area contributed by atoms with Crippen LogP contribution in [0.2, 0.25) is 0 Å². The Bertz CT molecular complexity index is 886. The van der Waals surface area contributed by atoms with Crippen LogP contribution in [0.25, 0.3) is 16.9 Å². The maximum Gasteiger partial charge on any atom is 0.200 e. The lowest BCUT2D eigenvalue weighted by Crippen LogP contribution is -2.14. The van der Waals surface area contributed by atoms with E-state index in [9.17, 15) is 0 Å². The van der Waals surface area contributed by atoms with Crippen LogP contribution in [0, 0.1) is 0 Å². The predicted molar refractivity (Wildman–Crippen MR) is 103 cm³/mol. The lowest BCUT2D eigenvalue weighted by molar-refractivity contribution is -0.0402. The van der Waals surface area contributed by atoms with Gasteiger partial charge in [-0.3, -0.25) is 0 Å². The zero-order valence-electron chi connectivity index (χ0n) is 14.4. The van der Waals surface area contributed by atoms with E-state index in [1.807, 2.05) is 53.2 Å². The normalized spacial score (nSPS) is 16.6. The lowest BCUT2D eigenvalue weighted by atomic mass is 10.1. The minimum Gasteiger partial charge on any atom is -0.493 e. The summed E-state index contributed by atoms with van der Waals surface area (Å²) >= 11 is 3.47. The fourth-order valence-corrected chi connectivity index (χ4v) is 3.29. The third-order valence-corrected chi connectivity index (χ3v) is 4.85. The molecule has 1 saturated heterocycles. The van der Waals surface area contributed by atoms with Gasteiger partial charge >= 0.3 is 0 Å². The maximum atomic E-state index is 6.01. The lowest BCUT2D eigenvalue weighted by Gasteiger charge is -2.17. The number of aromatic nitrogens is 2. The highest BCUT2D eigenvalue weighted by molar-refractivity contribution is 9.10. The Balaban J connectivity index is 1.70. The summed E-state index contributed by atoms with van der Waals surface area (Å²) in [4.78, 5) is 0. The summed E-state index contributed by atoms with van der Waals surface area (Å²) in [6.45, 7) is 0.739. The van der Waals surface area contributed by atoms with Crippen molar-refractivity contribution in [1.82, 2.24) is 9.78 Å². The zero-order valence-corrected chi connectivity index (χ0v) is 16.0. The summed E-state index contributed by atoms with van der Waals surface area (Å²) in [5.41, 5.74) is 2.97. The topological polar surface area (TPSA) is 45.5 Å². The van der Waals surface area contributed by atoms with E-state index >= 15 is 0 Å². The number of ether oxygens (including phenoxy) is 3. The molecule has 0 amide bonds. The van der Waals surface area contributed by atoms with Gasteiger partial charge in [-0.25, -0.2) is 4.68 Å². The van der Waals surface area contributed by atoms with Crippen molar-refractivity contribution in [2.24, 2.45) is 0 Å². The molecule has 0 saturated carbocycles. The summed E-state index contributed by atoms with van der Waals surface area (Å²) in [5.74, 6) is 1.37. The number of hydrogen-bond acceptors (Lipinski definition) is 4. The second-order valence-electron chi connectivity index (χ2n) is 6.03. The van der Waals surface area contributed by atoms with Gasteiger partial charge in [-0.15, -0.1) is 0 Å². The van der Waals surface area contributed by atoms with E-state index in [4.69, 9.17) is 14.2 Å². The number of nitrogens with zero attached hydrogens (tertiary/aromatic N) is 2. The second kappa shape index (κ2) is 7.51. The highest BCUT2D eigenvalue weighted by Gasteiger charge is 2.20. The zero-order chi connectivity index (χ0) is 17.9. The third kappa shape index (κ3) is 3.48. The third-order valence-electron chi connectivity index (χ3n) is 4.32. The van der Waals surface area contributed by atoms with E-state index in [2.05, 4.69) is 21.0 Å². The van der Waals surface area contributed by atoms with Crippen LogP contribution in [-0.2, 0) is 4.74 Å². The van der Waals surface area contributed by atoms with Gasteiger partial charge in [0.05, 0.1) is 31.3 Å². The molecule has 134 valence electrons. The standard InChI is InChI=1S/C20H19BrN2O3/c1-24-18-9-4-14(13-19(18)26-20-3-2-12-25-20)17-10-11-22-23(17)16-7-5-15(21)6-8-16/h4-11,13,20H,2-3,12H2,1H3. The number of rotatable bonds is 5. The van der Waals surface area contributed by atoms with E-state index < -0.39 is 0 Å². The van der Waals surface area contributed by atoms with Crippen LogP contribution in [0.1, 0.15) is 12.8 Å². The van der Waals surface area contributed by atoms with Crippen LogP contribution >= 0.6 is 15.9 Å². The van der Waals surface area contributed by atoms with E-state index in [1.54, 1.807) is 13.3 Å². The molecule has 0 radical (unpaired) electrons. The number of hydrogen-bond donors (Lipinski definition) is 0. The smallest absolute Gasteiger partial charge is 0.200 e. The van der Waals surface area contributed by atoms with Crippen molar-refractivity contribution in [2.75, 3.05) is 13.7 Å². The van der Waals surface area contributed by atoms with Crippen molar-refractivity contribution in [3.63, 3.8) is 0 Å². The predicted octanol–water partition coefficient (Wildman–Crippen LogP) is 4.83. The summed E-state index contributed by atoms with van der Waals surface area (Å²) in [7, 11) is 1.64. The van der Waals surface area contributed by atoms with Gasteiger partial charge in [0.1, 0.15) is 0 Å². The van der Waals surface area contributed by atoms with Crippen LogP contribution < -0.4 is 9.47 Å². The van der Waals surface area contributed by atoms with Crippen molar-refractivity contribution < 1.29 is 14.2 Å². The molecule has 1 unspecified atom stereocenters. The molecule has 26 heavy (non-hydrogen) atoms. The Labute approximate surface area is 160 Å². The van der Waals surface area contributed by atoms with Gasteiger partial charge in [-0.2, -0.15) is 5.10 Å². The average Bonchev–Trinajstić information content (AvgIpc) is 3.34. The van der Waals surface area contributed by atoms with Crippen LogP contribution in [-0.4, -0.2) is 29.8 Å². The Morgan fingerprint density at radius 3 is 2.69 bits per heavy atom. The van der Waals surface area contributed by atoms with Gasteiger partial charge < -0.3 is 14.2 Å². The van der Waals surface area contributed by atoms with Crippen molar-refractivity contribution in [1.29, 1.82) is 0 Å².